The van der Waals surface area contributed by atoms with Gasteiger partial charge in [0.25, 0.3) is 0 Å². The maximum absolute atomic E-state index is 13.4. The van der Waals surface area contributed by atoms with Crippen LogP contribution in [0.5, 0.6) is 0 Å². The predicted octanol–water partition coefficient (Wildman–Crippen LogP) is 2.26. The van der Waals surface area contributed by atoms with Crippen LogP contribution in [0, 0.1) is 11.8 Å². The third kappa shape index (κ3) is 5.30. The number of piperidine rings is 4. The van der Waals surface area contributed by atoms with Crippen LogP contribution in [0.25, 0.3) is 11.0 Å². The van der Waals surface area contributed by atoms with Gasteiger partial charge in [-0.05, 0) is 82.2 Å². The highest BCUT2D eigenvalue weighted by atomic mass is 16.2. The molecule has 0 saturated carbocycles. The summed E-state index contributed by atoms with van der Waals surface area (Å²) >= 11 is 0. The summed E-state index contributed by atoms with van der Waals surface area (Å²) in [7, 11) is 1.72. The lowest BCUT2D eigenvalue weighted by Gasteiger charge is -2.39. The summed E-state index contributed by atoms with van der Waals surface area (Å²) in [5.74, 6) is 0.412. The van der Waals surface area contributed by atoms with Crippen LogP contribution in [0.2, 0.25) is 0 Å². The van der Waals surface area contributed by atoms with Crippen molar-refractivity contribution in [1.29, 1.82) is 0 Å². The molecule has 4 aliphatic rings. The molecular formula is C30H42N6O4. The van der Waals surface area contributed by atoms with Gasteiger partial charge in [0.15, 0.2) is 0 Å². The number of amides is 3. The number of imide groups is 1. The van der Waals surface area contributed by atoms with Gasteiger partial charge in [0, 0.05) is 57.8 Å². The van der Waals surface area contributed by atoms with Crippen molar-refractivity contribution in [3.8, 4) is 0 Å². The minimum Gasteiger partial charge on any atom is -0.371 e. The van der Waals surface area contributed by atoms with Gasteiger partial charge in [-0.2, -0.15) is 0 Å². The van der Waals surface area contributed by atoms with Crippen LogP contribution in [-0.4, -0.2) is 82.5 Å². The molecule has 3 amide bonds. The Morgan fingerprint density at radius 2 is 1.60 bits per heavy atom. The lowest BCUT2D eigenvalue weighted by Crippen LogP contribution is -2.47. The molecule has 2 aromatic rings. The fourth-order valence-corrected chi connectivity index (χ4v) is 7.26. The molecule has 1 N–H and O–H groups in total. The summed E-state index contributed by atoms with van der Waals surface area (Å²) in [6.07, 6.45) is 8.49. The smallest absolute Gasteiger partial charge is 0.329 e. The second kappa shape index (κ2) is 11.4. The molecule has 216 valence electrons. The molecule has 4 aliphatic heterocycles. The molecule has 0 aliphatic carbocycles. The van der Waals surface area contributed by atoms with Gasteiger partial charge in [-0.3, -0.25) is 28.8 Å². The molecule has 4 saturated heterocycles. The summed E-state index contributed by atoms with van der Waals surface area (Å²) in [5, 5.41) is 2.36. The van der Waals surface area contributed by atoms with Gasteiger partial charge in [-0.1, -0.05) is 6.42 Å². The molecule has 0 bridgehead atoms. The molecule has 6 rings (SSSR count). The molecule has 1 aromatic carbocycles. The van der Waals surface area contributed by atoms with E-state index in [0.717, 1.165) is 69.0 Å². The zero-order valence-electron chi connectivity index (χ0n) is 23.6. The van der Waals surface area contributed by atoms with Crippen molar-refractivity contribution in [3.63, 3.8) is 0 Å². The standard InChI is InChI=1S/C30H42N6O4/c1-32-26-19-23(5-6-24(26)36(30(32)40)25-7-8-27(37)31-28(25)38)34-17-11-22(12-18-34)29(39)35-15-9-21(10-16-35)20-33-13-3-2-4-14-33/h5-6,19,21-22,25H,2-4,7-18,20H2,1H3,(H,31,37,38). The van der Waals surface area contributed by atoms with Crippen molar-refractivity contribution in [2.45, 2.75) is 63.8 Å². The third-order valence-electron chi connectivity index (χ3n) is 9.70. The Morgan fingerprint density at radius 1 is 0.875 bits per heavy atom. The number of imidazole rings is 1. The minimum atomic E-state index is -0.684. The fraction of sp³-hybridized carbons (Fsp3) is 0.667. The first-order valence-electron chi connectivity index (χ1n) is 15.2. The minimum absolute atomic E-state index is 0.0802. The molecule has 1 unspecified atom stereocenters. The Balaban J connectivity index is 1.06. The molecule has 10 heteroatoms. The Labute approximate surface area is 235 Å². The average Bonchev–Trinajstić information content (AvgIpc) is 3.22. The second-order valence-electron chi connectivity index (χ2n) is 12.2. The first-order chi connectivity index (χ1) is 19.4. The van der Waals surface area contributed by atoms with E-state index in [1.54, 1.807) is 11.6 Å². The highest BCUT2D eigenvalue weighted by molar-refractivity contribution is 6.00. The number of aromatic nitrogens is 2. The van der Waals surface area contributed by atoms with Crippen LogP contribution in [0.15, 0.2) is 23.0 Å². The predicted molar refractivity (Wildman–Crippen MR) is 153 cm³/mol. The van der Waals surface area contributed by atoms with Gasteiger partial charge >= 0.3 is 5.69 Å². The van der Waals surface area contributed by atoms with E-state index in [1.165, 1.54) is 43.5 Å². The summed E-state index contributed by atoms with van der Waals surface area (Å²) in [6.45, 7) is 7.08. The van der Waals surface area contributed by atoms with Crippen molar-refractivity contribution in [1.82, 2.24) is 24.3 Å². The molecular weight excluding hydrogens is 508 g/mol. The fourth-order valence-electron chi connectivity index (χ4n) is 7.26. The summed E-state index contributed by atoms with van der Waals surface area (Å²) in [4.78, 5) is 57.6. The number of aryl methyl sites for hydroxylation is 1. The number of hydrogen-bond acceptors (Lipinski definition) is 6. The van der Waals surface area contributed by atoms with E-state index < -0.39 is 11.9 Å². The Hall–Kier alpha value is -3.14. The number of nitrogens with one attached hydrogen (secondary N) is 1. The number of benzene rings is 1. The Kier molecular flexibility index (Phi) is 7.70. The van der Waals surface area contributed by atoms with E-state index in [2.05, 4.69) is 20.0 Å². The Bertz CT molecular complexity index is 1330. The third-order valence-corrected chi connectivity index (χ3v) is 9.70. The summed E-state index contributed by atoms with van der Waals surface area (Å²) in [6, 6.07) is 5.23. The highest BCUT2D eigenvalue weighted by Crippen LogP contribution is 2.30. The largest absolute Gasteiger partial charge is 0.371 e. The molecule has 10 nitrogen and oxygen atoms in total. The zero-order chi connectivity index (χ0) is 27.8. The van der Waals surface area contributed by atoms with Gasteiger partial charge in [0.05, 0.1) is 11.0 Å². The van der Waals surface area contributed by atoms with Crippen LogP contribution in [0.3, 0.4) is 0 Å². The van der Waals surface area contributed by atoms with Crippen molar-refractivity contribution in [2.24, 2.45) is 18.9 Å². The van der Waals surface area contributed by atoms with Crippen molar-refractivity contribution in [2.75, 3.05) is 50.7 Å². The first-order valence-corrected chi connectivity index (χ1v) is 15.2. The average molecular weight is 551 g/mol. The maximum atomic E-state index is 13.4. The maximum Gasteiger partial charge on any atom is 0.329 e. The molecule has 0 spiro atoms. The molecule has 4 fully saturated rings. The number of likely N-dealkylation sites (tertiary alicyclic amines) is 2. The van der Waals surface area contributed by atoms with E-state index in [0.29, 0.717) is 17.8 Å². The normalized spacial score (nSPS) is 24.1. The van der Waals surface area contributed by atoms with Crippen LogP contribution in [0.1, 0.15) is 63.8 Å². The topological polar surface area (TPSA) is 99.9 Å². The number of carbonyl (C=O) groups excluding carboxylic acids is 3. The number of hydrogen-bond donors (Lipinski definition) is 1. The molecule has 0 radical (unpaired) electrons. The molecule has 1 atom stereocenters. The Morgan fingerprint density at radius 3 is 2.30 bits per heavy atom. The first kappa shape index (κ1) is 27.1. The zero-order valence-corrected chi connectivity index (χ0v) is 23.6. The van der Waals surface area contributed by atoms with Crippen molar-refractivity contribution in [3.05, 3.63) is 28.7 Å². The molecule has 5 heterocycles. The van der Waals surface area contributed by atoms with Gasteiger partial charge in [0.1, 0.15) is 6.04 Å². The lowest BCUT2D eigenvalue weighted by molar-refractivity contribution is -0.138. The van der Waals surface area contributed by atoms with E-state index in [1.807, 2.05) is 18.2 Å². The van der Waals surface area contributed by atoms with Crippen LogP contribution >= 0.6 is 0 Å². The van der Waals surface area contributed by atoms with E-state index in [9.17, 15) is 19.2 Å². The highest BCUT2D eigenvalue weighted by Gasteiger charge is 2.33. The number of fused-ring (bicyclic) bond motifs is 1. The van der Waals surface area contributed by atoms with Gasteiger partial charge in [-0.15, -0.1) is 0 Å². The van der Waals surface area contributed by atoms with Crippen LogP contribution in [0.4, 0.5) is 5.69 Å². The molecule has 1 aromatic heterocycles. The van der Waals surface area contributed by atoms with Gasteiger partial charge in [-0.25, -0.2) is 4.79 Å². The van der Waals surface area contributed by atoms with Gasteiger partial charge in [0.2, 0.25) is 17.7 Å². The quantitative estimate of drug-likeness (QED) is 0.574. The van der Waals surface area contributed by atoms with Crippen molar-refractivity contribution >= 4 is 34.4 Å². The van der Waals surface area contributed by atoms with E-state index >= 15 is 0 Å². The number of nitrogens with zero attached hydrogens (tertiary/aromatic N) is 5. The summed E-state index contributed by atoms with van der Waals surface area (Å²) in [5.41, 5.74) is 2.22. The SMILES string of the molecule is Cn1c(=O)n(C2CCC(=O)NC2=O)c2ccc(N3CCC(C(=O)N4CCC(CN5CCCCC5)CC4)CC3)cc21. The van der Waals surface area contributed by atoms with Crippen LogP contribution in [-0.2, 0) is 21.4 Å². The van der Waals surface area contributed by atoms with E-state index in [4.69, 9.17) is 0 Å². The van der Waals surface area contributed by atoms with Crippen molar-refractivity contribution < 1.29 is 14.4 Å². The number of rotatable bonds is 5. The second-order valence-corrected chi connectivity index (χ2v) is 12.2. The molecule has 40 heavy (non-hydrogen) atoms. The summed E-state index contributed by atoms with van der Waals surface area (Å²) < 4.78 is 3.09. The monoisotopic (exact) mass is 550 g/mol. The number of carbonyl (C=O) groups is 3. The number of anilines is 1. The lowest BCUT2D eigenvalue weighted by atomic mass is 9.91. The van der Waals surface area contributed by atoms with Gasteiger partial charge < -0.3 is 14.7 Å². The van der Waals surface area contributed by atoms with Crippen LogP contribution < -0.4 is 15.9 Å². The van der Waals surface area contributed by atoms with E-state index in [-0.39, 0.29) is 23.9 Å².